The lowest BCUT2D eigenvalue weighted by Gasteiger charge is -2.22. The molecule has 1 aliphatic heterocycles. The lowest BCUT2D eigenvalue weighted by Crippen LogP contribution is -2.43. The molecule has 29 heavy (non-hydrogen) atoms. The Morgan fingerprint density at radius 1 is 1.38 bits per heavy atom. The molecule has 3 aromatic rings. The number of nitrogens with zero attached hydrogens (tertiary/aromatic N) is 5. The summed E-state index contributed by atoms with van der Waals surface area (Å²) in [4.78, 5) is 35.8. The fraction of sp³-hybridized carbons (Fsp3) is 0.421. The summed E-state index contributed by atoms with van der Waals surface area (Å²) in [6, 6.07) is 5.28. The van der Waals surface area contributed by atoms with Crippen molar-refractivity contribution in [3.8, 4) is 0 Å². The zero-order valence-electron chi connectivity index (χ0n) is 16.2. The van der Waals surface area contributed by atoms with Crippen LogP contribution in [0.3, 0.4) is 0 Å². The van der Waals surface area contributed by atoms with Crippen LogP contribution in [-0.2, 0) is 17.8 Å². The first-order valence-corrected chi connectivity index (χ1v) is 10.3. The van der Waals surface area contributed by atoms with Crippen LogP contribution in [0.15, 0.2) is 23.0 Å². The van der Waals surface area contributed by atoms with Gasteiger partial charge in [-0.3, -0.25) is 14.6 Å². The van der Waals surface area contributed by atoms with Crippen LogP contribution in [0, 0.1) is 12.7 Å². The van der Waals surface area contributed by atoms with E-state index < -0.39 is 17.4 Å². The van der Waals surface area contributed by atoms with E-state index in [1.165, 1.54) is 11.3 Å². The van der Waals surface area contributed by atoms with Gasteiger partial charge in [-0.15, -0.1) is 5.10 Å². The van der Waals surface area contributed by atoms with Crippen LogP contribution >= 0.6 is 11.3 Å². The van der Waals surface area contributed by atoms with Gasteiger partial charge in [0.25, 0.3) is 0 Å². The maximum absolute atomic E-state index is 14.1. The number of amides is 1. The molecule has 1 atom stereocenters. The van der Waals surface area contributed by atoms with E-state index in [-0.39, 0.29) is 11.6 Å². The molecule has 0 radical (unpaired) electrons. The minimum atomic E-state index is -0.872. The number of aryl methyl sites for hydroxylation is 2. The second-order valence-corrected chi connectivity index (χ2v) is 7.88. The third-order valence-electron chi connectivity index (χ3n) is 4.94. The van der Waals surface area contributed by atoms with Crippen LogP contribution < -0.4 is 15.8 Å². The van der Waals surface area contributed by atoms with Gasteiger partial charge in [0.15, 0.2) is 0 Å². The van der Waals surface area contributed by atoms with Crippen molar-refractivity contribution in [2.24, 2.45) is 0 Å². The summed E-state index contributed by atoms with van der Waals surface area (Å²) < 4.78 is 15.1. The predicted molar refractivity (Wildman–Crippen MR) is 108 cm³/mol. The minimum absolute atomic E-state index is 0.120. The first-order chi connectivity index (χ1) is 14.0. The van der Waals surface area contributed by atoms with E-state index in [1.807, 2.05) is 30.0 Å². The van der Waals surface area contributed by atoms with E-state index in [1.54, 1.807) is 6.92 Å². The lowest BCUT2D eigenvalue weighted by atomic mass is 10.2. The van der Waals surface area contributed by atoms with E-state index >= 15 is 0 Å². The zero-order valence-corrected chi connectivity index (χ0v) is 17.0. The van der Waals surface area contributed by atoms with Gasteiger partial charge in [0.05, 0.1) is 17.9 Å². The second kappa shape index (κ2) is 7.86. The Morgan fingerprint density at radius 2 is 2.21 bits per heavy atom. The molecule has 4 heterocycles. The molecular weight excluding hydrogens is 395 g/mol. The fourth-order valence-corrected chi connectivity index (χ4v) is 4.46. The number of carbonyl (C=O) groups excluding carboxylic acids is 1. The Balaban J connectivity index is 1.55. The van der Waals surface area contributed by atoms with Gasteiger partial charge in [0, 0.05) is 12.2 Å². The van der Waals surface area contributed by atoms with Crippen LogP contribution in [0.1, 0.15) is 36.8 Å². The smallest absolute Gasteiger partial charge is 0.311 e. The van der Waals surface area contributed by atoms with Gasteiger partial charge in [-0.05, 0) is 38.3 Å². The van der Waals surface area contributed by atoms with Gasteiger partial charge in [-0.1, -0.05) is 24.3 Å². The highest BCUT2D eigenvalue weighted by atomic mass is 32.1. The summed E-state index contributed by atoms with van der Waals surface area (Å²) >= 11 is 1.19. The molecule has 1 fully saturated rings. The summed E-state index contributed by atoms with van der Waals surface area (Å²) in [6.45, 7) is 4.63. The highest BCUT2D eigenvalue weighted by Crippen LogP contribution is 2.29. The highest BCUT2D eigenvalue weighted by Gasteiger charge is 2.33. The summed E-state index contributed by atoms with van der Waals surface area (Å²) in [6.07, 6.45) is 1.83. The van der Waals surface area contributed by atoms with Crippen molar-refractivity contribution in [1.29, 1.82) is 0 Å². The van der Waals surface area contributed by atoms with Gasteiger partial charge in [0.2, 0.25) is 21.8 Å². The van der Waals surface area contributed by atoms with E-state index in [0.717, 1.165) is 22.3 Å². The molecule has 0 unspecified atom stereocenters. The number of halogens is 1. The van der Waals surface area contributed by atoms with Gasteiger partial charge in [0.1, 0.15) is 6.04 Å². The number of rotatable bonds is 5. The average molecular weight is 416 g/mol. The Kier molecular flexibility index (Phi) is 5.27. The summed E-state index contributed by atoms with van der Waals surface area (Å²) in [5, 5.41) is 7.67. The number of fused-ring (bicyclic) bond motifs is 1. The zero-order chi connectivity index (χ0) is 20.5. The van der Waals surface area contributed by atoms with E-state index in [0.29, 0.717) is 36.0 Å². The standard InChI is InChI=1S/C19H21FN6O2S/c1-3-13-15(20)17(28)26-18(23-13)29-19(24-26)25-9-5-8-14(25)16(27)21-10-12-7-4-6-11(2)22-12/h4,6-7,14H,3,5,8-10H2,1-2H3,(H,21,27)/t14-/m1/s1. The van der Waals surface area contributed by atoms with Crippen LogP contribution in [0.2, 0.25) is 0 Å². The number of nitrogens with one attached hydrogen (secondary N) is 1. The molecule has 1 aliphatic rings. The molecule has 1 saturated heterocycles. The Bertz CT molecular complexity index is 1130. The van der Waals surface area contributed by atoms with Crippen LogP contribution in [-0.4, -0.2) is 38.1 Å². The molecule has 10 heteroatoms. The molecule has 4 rings (SSSR count). The number of aromatic nitrogens is 4. The number of anilines is 1. The topological polar surface area (TPSA) is 92.5 Å². The lowest BCUT2D eigenvalue weighted by molar-refractivity contribution is -0.122. The van der Waals surface area contributed by atoms with Crippen LogP contribution in [0.4, 0.5) is 9.52 Å². The molecule has 0 saturated carbocycles. The largest absolute Gasteiger partial charge is 0.349 e. The monoisotopic (exact) mass is 416 g/mol. The fourth-order valence-electron chi connectivity index (χ4n) is 3.47. The molecule has 152 valence electrons. The number of pyridine rings is 1. The molecular formula is C19H21FN6O2S. The first kappa shape index (κ1) is 19.4. The number of hydrogen-bond acceptors (Lipinski definition) is 7. The molecule has 0 aromatic carbocycles. The van der Waals surface area contributed by atoms with Crippen molar-refractivity contribution >= 4 is 27.3 Å². The Morgan fingerprint density at radius 3 is 2.97 bits per heavy atom. The maximum atomic E-state index is 14.1. The third-order valence-corrected chi connectivity index (χ3v) is 5.88. The summed E-state index contributed by atoms with van der Waals surface area (Å²) in [7, 11) is 0. The van der Waals surface area contributed by atoms with Gasteiger partial charge in [-0.25, -0.2) is 4.98 Å². The Hall–Kier alpha value is -2.88. The van der Waals surface area contributed by atoms with Crippen molar-refractivity contribution in [3.05, 3.63) is 51.5 Å². The normalized spacial score (nSPS) is 16.5. The number of carbonyl (C=O) groups is 1. The van der Waals surface area contributed by atoms with Crippen molar-refractivity contribution in [2.45, 2.75) is 45.7 Å². The van der Waals surface area contributed by atoms with Gasteiger partial charge >= 0.3 is 5.56 Å². The molecule has 1 N–H and O–H groups in total. The first-order valence-electron chi connectivity index (χ1n) is 9.53. The quantitative estimate of drug-likeness (QED) is 0.682. The molecule has 0 bridgehead atoms. The third kappa shape index (κ3) is 3.71. The SMILES string of the molecule is CCc1nc2sc(N3CCC[C@@H]3C(=O)NCc3cccc(C)n3)nn2c(=O)c1F. The van der Waals surface area contributed by atoms with Crippen molar-refractivity contribution in [1.82, 2.24) is 24.9 Å². The summed E-state index contributed by atoms with van der Waals surface area (Å²) in [5.74, 6) is -0.992. The highest BCUT2D eigenvalue weighted by molar-refractivity contribution is 7.20. The van der Waals surface area contributed by atoms with Gasteiger partial charge < -0.3 is 10.2 Å². The van der Waals surface area contributed by atoms with Crippen LogP contribution in [0.5, 0.6) is 0 Å². The van der Waals surface area contributed by atoms with Crippen molar-refractivity contribution in [3.63, 3.8) is 0 Å². The second-order valence-electron chi connectivity index (χ2n) is 6.95. The van der Waals surface area contributed by atoms with Crippen molar-refractivity contribution in [2.75, 3.05) is 11.4 Å². The van der Waals surface area contributed by atoms with E-state index in [9.17, 15) is 14.0 Å². The molecule has 3 aromatic heterocycles. The average Bonchev–Trinajstić information content (AvgIpc) is 3.36. The van der Waals surface area contributed by atoms with E-state index in [4.69, 9.17) is 0 Å². The van der Waals surface area contributed by atoms with Gasteiger partial charge in [-0.2, -0.15) is 8.91 Å². The van der Waals surface area contributed by atoms with Crippen LogP contribution in [0.25, 0.3) is 4.96 Å². The molecule has 0 aliphatic carbocycles. The molecule has 1 amide bonds. The number of hydrogen-bond donors (Lipinski definition) is 1. The Labute approximate surface area is 170 Å². The maximum Gasteiger partial charge on any atom is 0.311 e. The predicted octanol–water partition coefficient (Wildman–Crippen LogP) is 1.84. The molecule has 0 spiro atoms. The van der Waals surface area contributed by atoms with E-state index in [2.05, 4.69) is 20.4 Å². The minimum Gasteiger partial charge on any atom is -0.349 e. The molecule has 8 nitrogen and oxygen atoms in total. The summed E-state index contributed by atoms with van der Waals surface area (Å²) in [5.41, 5.74) is 1.01. The van der Waals surface area contributed by atoms with Crippen molar-refractivity contribution < 1.29 is 9.18 Å².